The molecule has 0 heterocycles. The molecule has 0 saturated carbocycles. The van der Waals surface area contributed by atoms with Crippen LogP contribution in [0.4, 0.5) is 26.3 Å². The summed E-state index contributed by atoms with van der Waals surface area (Å²) in [5.41, 5.74) is -0.629. The van der Waals surface area contributed by atoms with Gasteiger partial charge in [-0.05, 0) is 6.92 Å². The Balaban J connectivity index is 5.30. The molecule has 0 rings (SSSR count). The topological polar surface area (TPSA) is 26.3 Å². The molecule has 0 aromatic carbocycles. The highest BCUT2D eigenvalue weighted by Gasteiger charge is 2.72. The van der Waals surface area contributed by atoms with Gasteiger partial charge < -0.3 is 4.74 Å². The lowest BCUT2D eigenvalue weighted by molar-refractivity contribution is -0.381. The van der Waals surface area contributed by atoms with Gasteiger partial charge in [0.1, 0.15) is 0 Å². The summed E-state index contributed by atoms with van der Waals surface area (Å²) >= 11 is 0. The lowest BCUT2D eigenvalue weighted by Crippen LogP contribution is -2.56. The third-order valence-corrected chi connectivity index (χ3v) is 1.51. The number of halogens is 6. The van der Waals surface area contributed by atoms with E-state index in [1.54, 1.807) is 0 Å². The molecule has 0 fully saturated rings. The third kappa shape index (κ3) is 2.67. The largest absolute Gasteiger partial charge is 0.467 e. The van der Waals surface area contributed by atoms with Crippen molar-refractivity contribution in [2.24, 2.45) is 0 Å². The number of rotatable bonds is 3. The van der Waals surface area contributed by atoms with Crippen LogP contribution >= 0.6 is 0 Å². The van der Waals surface area contributed by atoms with Gasteiger partial charge >= 0.3 is 23.9 Å². The molecule has 2 nitrogen and oxygen atoms in total. The second kappa shape index (κ2) is 3.99. The summed E-state index contributed by atoms with van der Waals surface area (Å²) in [6.07, 6.45) is -6.05. The molecule has 0 aromatic heterocycles. The quantitative estimate of drug-likeness (QED) is 0.437. The molecule has 16 heavy (non-hydrogen) atoms. The number of alkyl halides is 6. The van der Waals surface area contributed by atoms with Crippen molar-refractivity contribution in [1.82, 2.24) is 0 Å². The molecule has 0 aliphatic rings. The normalized spacial score (nSPS) is 16.5. The SMILES string of the molecule is C=C(C)C(=O)OC(F)(C(C)(F)F)C(F)(F)F. The van der Waals surface area contributed by atoms with E-state index in [1.165, 1.54) is 0 Å². The van der Waals surface area contributed by atoms with E-state index < -0.39 is 29.5 Å². The minimum Gasteiger partial charge on any atom is -0.411 e. The number of carbonyl (C=O) groups excluding carboxylic acids is 1. The number of carbonyl (C=O) groups is 1. The Kier molecular flexibility index (Phi) is 3.68. The maximum absolute atomic E-state index is 13.1. The maximum atomic E-state index is 13.1. The Morgan fingerprint density at radius 3 is 1.69 bits per heavy atom. The molecule has 1 unspecified atom stereocenters. The molecule has 0 aliphatic carbocycles. The molecule has 8 heteroatoms. The van der Waals surface area contributed by atoms with E-state index in [4.69, 9.17) is 0 Å². The average Bonchev–Trinajstić information content (AvgIpc) is 1.99. The molecule has 1 atom stereocenters. The van der Waals surface area contributed by atoms with Crippen LogP contribution in [-0.4, -0.2) is 23.9 Å². The molecular formula is C8H8F6O2. The Morgan fingerprint density at radius 1 is 1.12 bits per heavy atom. The van der Waals surface area contributed by atoms with Gasteiger partial charge in [0.15, 0.2) is 0 Å². The van der Waals surface area contributed by atoms with Crippen LogP contribution in [0, 0.1) is 0 Å². The van der Waals surface area contributed by atoms with Crippen LogP contribution in [0.3, 0.4) is 0 Å². The summed E-state index contributed by atoms with van der Waals surface area (Å²) in [7, 11) is 0. The third-order valence-electron chi connectivity index (χ3n) is 1.51. The molecule has 94 valence electrons. The predicted octanol–water partition coefficient (Wildman–Crippen LogP) is 2.99. The fourth-order valence-corrected chi connectivity index (χ4v) is 0.611. The fraction of sp³-hybridized carbons (Fsp3) is 0.625. The second-order valence-corrected chi connectivity index (χ2v) is 3.15. The average molecular weight is 250 g/mol. The van der Waals surface area contributed by atoms with Crippen molar-refractivity contribution in [2.75, 3.05) is 0 Å². The predicted molar refractivity (Wildman–Crippen MR) is 41.4 cm³/mol. The van der Waals surface area contributed by atoms with E-state index in [0.717, 1.165) is 6.92 Å². The molecular weight excluding hydrogens is 242 g/mol. The zero-order valence-corrected chi connectivity index (χ0v) is 8.29. The minimum absolute atomic E-state index is 0.341. The molecule has 0 spiro atoms. The summed E-state index contributed by atoms with van der Waals surface area (Å²) in [4.78, 5) is 10.7. The van der Waals surface area contributed by atoms with Gasteiger partial charge in [-0.25, -0.2) is 4.79 Å². The van der Waals surface area contributed by atoms with Gasteiger partial charge in [-0.15, -0.1) is 0 Å². The first-order valence-corrected chi connectivity index (χ1v) is 3.85. The molecule has 0 radical (unpaired) electrons. The summed E-state index contributed by atoms with van der Waals surface area (Å²) in [5, 5.41) is 0. The van der Waals surface area contributed by atoms with Crippen molar-refractivity contribution in [1.29, 1.82) is 0 Å². The number of esters is 1. The van der Waals surface area contributed by atoms with Crippen molar-refractivity contribution in [2.45, 2.75) is 31.8 Å². The summed E-state index contributed by atoms with van der Waals surface area (Å²) < 4.78 is 77.4. The first-order chi connectivity index (χ1) is 6.83. The first kappa shape index (κ1) is 14.8. The molecule has 0 saturated heterocycles. The van der Waals surface area contributed by atoms with Crippen LogP contribution in [0.1, 0.15) is 13.8 Å². The van der Waals surface area contributed by atoms with Crippen LogP contribution in [-0.2, 0) is 9.53 Å². The van der Waals surface area contributed by atoms with Gasteiger partial charge in [0, 0.05) is 12.5 Å². The second-order valence-electron chi connectivity index (χ2n) is 3.15. The Hall–Kier alpha value is -1.21. The van der Waals surface area contributed by atoms with Crippen LogP contribution in [0.25, 0.3) is 0 Å². The number of hydrogen-bond acceptors (Lipinski definition) is 2. The van der Waals surface area contributed by atoms with E-state index in [-0.39, 0.29) is 6.92 Å². The molecule has 0 N–H and O–H groups in total. The van der Waals surface area contributed by atoms with Gasteiger partial charge in [0.05, 0.1) is 0 Å². The molecule has 0 aliphatic heterocycles. The van der Waals surface area contributed by atoms with Crippen molar-refractivity contribution in [3.63, 3.8) is 0 Å². The molecule has 0 aromatic rings. The van der Waals surface area contributed by atoms with Crippen molar-refractivity contribution >= 4 is 5.97 Å². The van der Waals surface area contributed by atoms with E-state index in [2.05, 4.69) is 11.3 Å². The van der Waals surface area contributed by atoms with Crippen LogP contribution in [0.5, 0.6) is 0 Å². The highest BCUT2D eigenvalue weighted by molar-refractivity contribution is 5.87. The maximum Gasteiger partial charge on any atom is 0.467 e. The minimum atomic E-state index is -6.05. The Morgan fingerprint density at radius 2 is 1.50 bits per heavy atom. The monoisotopic (exact) mass is 250 g/mol. The zero-order valence-electron chi connectivity index (χ0n) is 8.29. The highest BCUT2D eigenvalue weighted by atomic mass is 19.4. The van der Waals surface area contributed by atoms with Crippen LogP contribution < -0.4 is 0 Å². The molecule has 0 bridgehead atoms. The summed E-state index contributed by atoms with van der Waals surface area (Å²) in [6, 6.07) is 0. The van der Waals surface area contributed by atoms with E-state index in [9.17, 15) is 31.1 Å². The fourth-order valence-electron chi connectivity index (χ4n) is 0.611. The summed E-state index contributed by atoms with van der Waals surface area (Å²) in [6.45, 7) is 3.40. The summed E-state index contributed by atoms with van der Waals surface area (Å²) in [5.74, 6) is -12.2. The Labute approximate surface area is 86.9 Å². The molecule has 0 amide bonds. The number of ether oxygens (including phenoxy) is 1. The smallest absolute Gasteiger partial charge is 0.411 e. The van der Waals surface area contributed by atoms with Gasteiger partial charge in [-0.3, -0.25) is 0 Å². The lowest BCUT2D eigenvalue weighted by Gasteiger charge is -2.31. The van der Waals surface area contributed by atoms with Gasteiger partial charge in [0.2, 0.25) is 0 Å². The Bertz CT molecular complexity index is 287. The van der Waals surface area contributed by atoms with Crippen LogP contribution in [0.15, 0.2) is 12.2 Å². The van der Waals surface area contributed by atoms with Gasteiger partial charge in [-0.1, -0.05) is 6.58 Å². The van der Waals surface area contributed by atoms with Gasteiger partial charge in [-0.2, -0.15) is 26.3 Å². The van der Waals surface area contributed by atoms with E-state index in [1.807, 2.05) is 0 Å². The first-order valence-electron chi connectivity index (χ1n) is 3.85. The zero-order chi connectivity index (χ0) is 13.4. The lowest BCUT2D eigenvalue weighted by atomic mass is 10.1. The van der Waals surface area contributed by atoms with Crippen molar-refractivity contribution in [3.8, 4) is 0 Å². The van der Waals surface area contributed by atoms with E-state index >= 15 is 0 Å². The van der Waals surface area contributed by atoms with Crippen LogP contribution in [0.2, 0.25) is 0 Å². The van der Waals surface area contributed by atoms with E-state index in [0.29, 0.717) is 0 Å². The van der Waals surface area contributed by atoms with Crippen molar-refractivity contribution < 1.29 is 35.9 Å². The number of hydrogen-bond donors (Lipinski definition) is 0. The highest BCUT2D eigenvalue weighted by Crippen LogP contribution is 2.46. The standard InChI is InChI=1S/C8H8F6O2/c1-4(2)5(15)16-7(11,6(3,9)10)8(12,13)14/h1H2,2-3H3. The van der Waals surface area contributed by atoms with Gasteiger partial charge in [0.25, 0.3) is 0 Å². The van der Waals surface area contributed by atoms with Crippen molar-refractivity contribution in [3.05, 3.63) is 12.2 Å².